The number of fused-ring (bicyclic) bond motifs is 1. The Morgan fingerprint density at radius 3 is 2.68 bits per heavy atom. The number of esters is 1. The summed E-state index contributed by atoms with van der Waals surface area (Å²) in [6.45, 7) is 4.82. The molecule has 4 rings (SSSR count). The molecule has 0 bridgehead atoms. The number of hydrogen-bond donors (Lipinski definition) is 0. The molecule has 4 heteroatoms. The molecule has 0 N–H and O–H groups in total. The monoisotopic (exact) mass is 421 g/mol. The summed E-state index contributed by atoms with van der Waals surface area (Å²) in [5.74, 6) is 0.418. The maximum absolute atomic E-state index is 12.3. The third-order valence-electron chi connectivity index (χ3n) is 6.57. The molecule has 0 radical (unpaired) electrons. The van der Waals surface area contributed by atoms with Gasteiger partial charge in [-0.15, -0.1) is 0 Å². The predicted molar refractivity (Wildman–Crippen MR) is 123 cm³/mol. The lowest BCUT2D eigenvalue weighted by molar-refractivity contribution is 0.0600. The van der Waals surface area contributed by atoms with Gasteiger partial charge in [0.25, 0.3) is 0 Å². The fourth-order valence-electron chi connectivity index (χ4n) is 4.89. The van der Waals surface area contributed by atoms with Crippen LogP contribution in [0.15, 0.2) is 42.5 Å². The van der Waals surface area contributed by atoms with Crippen molar-refractivity contribution in [1.29, 1.82) is 0 Å². The number of rotatable bonds is 7. The maximum atomic E-state index is 12.3. The number of methoxy groups -OCH3 is 1. The average Bonchev–Trinajstić information content (AvgIpc) is 2.96. The van der Waals surface area contributed by atoms with Crippen LogP contribution in [-0.2, 0) is 17.6 Å². The van der Waals surface area contributed by atoms with E-state index in [1.165, 1.54) is 34.9 Å². The molecule has 3 nitrogen and oxygen atoms in total. The van der Waals surface area contributed by atoms with Crippen LogP contribution in [0.3, 0.4) is 0 Å². The molecule has 2 aromatic rings. The minimum atomic E-state index is -0.265. The summed E-state index contributed by atoms with van der Waals surface area (Å²) >= 11 is 0. The van der Waals surface area contributed by atoms with E-state index in [4.69, 9.17) is 4.74 Å². The van der Waals surface area contributed by atoms with Crippen LogP contribution in [0, 0.1) is 12.8 Å². The first kappa shape index (κ1) is 21.8. The normalized spacial score (nSPS) is 16.8. The third-order valence-corrected chi connectivity index (χ3v) is 6.57. The Bertz CT molecular complexity index is 958. The Balaban J connectivity index is 1.49. The number of aryl methyl sites for hydroxylation is 2. The number of halogens is 1. The molecule has 2 aliphatic rings. The van der Waals surface area contributed by atoms with Crippen LogP contribution in [0.1, 0.15) is 57.4 Å². The zero-order valence-corrected chi connectivity index (χ0v) is 18.6. The van der Waals surface area contributed by atoms with E-state index < -0.39 is 0 Å². The van der Waals surface area contributed by atoms with Crippen molar-refractivity contribution >= 4 is 11.5 Å². The van der Waals surface area contributed by atoms with Gasteiger partial charge in [0, 0.05) is 19.6 Å². The number of benzene rings is 2. The van der Waals surface area contributed by atoms with Crippen molar-refractivity contribution in [2.45, 2.75) is 39.0 Å². The average molecular weight is 422 g/mol. The predicted octanol–water partition coefficient (Wildman–Crippen LogP) is 5.38. The van der Waals surface area contributed by atoms with Gasteiger partial charge >= 0.3 is 5.97 Å². The maximum Gasteiger partial charge on any atom is 0.338 e. The summed E-state index contributed by atoms with van der Waals surface area (Å²) in [6, 6.07) is 13.1. The van der Waals surface area contributed by atoms with Gasteiger partial charge in [-0.2, -0.15) is 0 Å². The zero-order valence-electron chi connectivity index (χ0n) is 18.6. The number of alkyl halides is 1. The third kappa shape index (κ3) is 4.90. The Labute approximate surface area is 184 Å². The van der Waals surface area contributed by atoms with E-state index in [0.29, 0.717) is 17.9 Å². The van der Waals surface area contributed by atoms with Crippen LogP contribution in [0.25, 0.3) is 5.57 Å². The van der Waals surface area contributed by atoms with Crippen molar-refractivity contribution in [2.75, 3.05) is 33.4 Å². The van der Waals surface area contributed by atoms with E-state index >= 15 is 0 Å². The van der Waals surface area contributed by atoms with Gasteiger partial charge in [0.2, 0.25) is 0 Å². The highest BCUT2D eigenvalue weighted by atomic mass is 19.1. The fourth-order valence-corrected chi connectivity index (χ4v) is 4.89. The lowest BCUT2D eigenvalue weighted by Crippen LogP contribution is -2.47. The van der Waals surface area contributed by atoms with Gasteiger partial charge in [-0.05, 0) is 84.4 Å². The van der Waals surface area contributed by atoms with Crippen LogP contribution < -0.4 is 0 Å². The first-order chi connectivity index (χ1) is 15.1. The Hall–Kier alpha value is -2.46. The molecule has 1 saturated heterocycles. The zero-order chi connectivity index (χ0) is 21.8. The number of ether oxygens (including phenoxy) is 1. The summed E-state index contributed by atoms with van der Waals surface area (Å²) < 4.78 is 17.3. The highest BCUT2D eigenvalue weighted by molar-refractivity contribution is 5.93. The van der Waals surface area contributed by atoms with Crippen LogP contribution in [0.4, 0.5) is 4.39 Å². The van der Waals surface area contributed by atoms with Gasteiger partial charge in [-0.25, -0.2) is 4.79 Å². The minimum absolute atomic E-state index is 0.217. The van der Waals surface area contributed by atoms with E-state index in [2.05, 4.69) is 41.3 Å². The van der Waals surface area contributed by atoms with Crippen molar-refractivity contribution in [1.82, 2.24) is 4.90 Å². The van der Waals surface area contributed by atoms with Gasteiger partial charge in [0.1, 0.15) is 0 Å². The summed E-state index contributed by atoms with van der Waals surface area (Å²) in [7, 11) is 1.44. The topological polar surface area (TPSA) is 29.5 Å². The van der Waals surface area contributed by atoms with Gasteiger partial charge in [-0.1, -0.05) is 36.4 Å². The van der Waals surface area contributed by atoms with Crippen molar-refractivity contribution in [2.24, 2.45) is 5.92 Å². The number of nitrogens with zero attached hydrogens (tertiary/aromatic N) is 1. The second-order valence-corrected chi connectivity index (χ2v) is 8.90. The number of carbonyl (C=O) groups excluding carboxylic acids is 1. The Kier molecular flexibility index (Phi) is 6.86. The van der Waals surface area contributed by atoms with Crippen LogP contribution in [-0.4, -0.2) is 44.3 Å². The molecular weight excluding hydrogens is 389 g/mol. The lowest BCUT2D eigenvalue weighted by atomic mass is 9.88. The Morgan fingerprint density at radius 1 is 1.19 bits per heavy atom. The number of hydrogen-bond acceptors (Lipinski definition) is 3. The molecule has 1 heterocycles. The molecule has 2 aromatic carbocycles. The summed E-state index contributed by atoms with van der Waals surface area (Å²) in [5.41, 5.74) is 7.94. The molecule has 31 heavy (non-hydrogen) atoms. The standard InChI is InChI=1S/C27H32FNO2/c1-19-14-26-23(16-25(19)27(30)31-2)6-3-4-7-24(26)22-10-8-20(9-11-22)15-21-17-29(18-21)13-5-12-28/h7-11,14,16,21H,3-6,12-13,15,17-18H2,1-2H3. The number of allylic oxidation sites excluding steroid dienone is 1. The van der Waals surface area contributed by atoms with Crippen molar-refractivity contribution in [3.05, 3.63) is 75.9 Å². The quantitative estimate of drug-likeness (QED) is 0.562. The van der Waals surface area contributed by atoms with Gasteiger partial charge in [0.15, 0.2) is 0 Å². The number of carbonyl (C=O) groups is 1. The molecule has 0 spiro atoms. The van der Waals surface area contributed by atoms with Gasteiger partial charge < -0.3 is 9.64 Å². The summed E-state index contributed by atoms with van der Waals surface area (Å²) in [6.07, 6.45) is 7.17. The molecule has 0 atom stereocenters. The van der Waals surface area contributed by atoms with Crippen LogP contribution in [0.2, 0.25) is 0 Å². The van der Waals surface area contributed by atoms with E-state index in [1.54, 1.807) is 0 Å². The number of likely N-dealkylation sites (tertiary alicyclic amines) is 1. The SMILES string of the molecule is COC(=O)c1cc2c(cc1C)C(c1ccc(CC3CN(CCCF)C3)cc1)=CCCC2. The first-order valence-corrected chi connectivity index (χ1v) is 11.4. The van der Waals surface area contributed by atoms with Gasteiger partial charge in [-0.3, -0.25) is 4.39 Å². The van der Waals surface area contributed by atoms with E-state index in [-0.39, 0.29) is 12.6 Å². The fraction of sp³-hybridized carbons (Fsp3) is 0.444. The lowest BCUT2D eigenvalue weighted by Gasteiger charge is -2.39. The molecule has 0 amide bonds. The highest BCUT2D eigenvalue weighted by Crippen LogP contribution is 2.33. The molecule has 0 saturated carbocycles. The molecular formula is C27H32FNO2. The Morgan fingerprint density at radius 2 is 1.97 bits per heavy atom. The first-order valence-electron chi connectivity index (χ1n) is 11.4. The van der Waals surface area contributed by atoms with E-state index in [1.807, 2.05) is 13.0 Å². The largest absolute Gasteiger partial charge is 0.465 e. The molecule has 1 fully saturated rings. The molecule has 164 valence electrons. The second-order valence-electron chi connectivity index (χ2n) is 8.90. The van der Waals surface area contributed by atoms with E-state index in [9.17, 15) is 9.18 Å². The van der Waals surface area contributed by atoms with Crippen molar-refractivity contribution in [3.63, 3.8) is 0 Å². The summed E-state index contributed by atoms with van der Waals surface area (Å²) in [4.78, 5) is 14.5. The molecule has 0 aromatic heterocycles. The molecule has 1 aliphatic heterocycles. The molecule has 0 unspecified atom stereocenters. The van der Waals surface area contributed by atoms with Crippen LogP contribution in [0.5, 0.6) is 0 Å². The van der Waals surface area contributed by atoms with Crippen molar-refractivity contribution in [3.8, 4) is 0 Å². The summed E-state index contributed by atoms with van der Waals surface area (Å²) in [5, 5.41) is 0. The van der Waals surface area contributed by atoms with Crippen LogP contribution >= 0.6 is 0 Å². The van der Waals surface area contributed by atoms with Crippen molar-refractivity contribution < 1.29 is 13.9 Å². The highest BCUT2D eigenvalue weighted by Gasteiger charge is 2.26. The smallest absolute Gasteiger partial charge is 0.338 e. The minimum Gasteiger partial charge on any atom is -0.465 e. The van der Waals surface area contributed by atoms with Gasteiger partial charge in [0.05, 0.1) is 19.3 Å². The van der Waals surface area contributed by atoms with E-state index in [0.717, 1.165) is 50.9 Å². The second kappa shape index (κ2) is 9.78. The molecule has 1 aliphatic carbocycles.